The van der Waals surface area contributed by atoms with Gasteiger partial charge in [-0.25, -0.2) is 4.98 Å². The van der Waals surface area contributed by atoms with Crippen molar-refractivity contribution in [2.45, 2.75) is 13.1 Å². The number of rotatable bonds is 2. The van der Waals surface area contributed by atoms with Crippen LogP contribution in [0.15, 0.2) is 57.7 Å². The Morgan fingerprint density at radius 3 is 2.48 bits per heavy atom. The predicted octanol–water partition coefficient (Wildman–Crippen LogP) is 4.53. The number of aromatic amines is 1. The Labute approximate surface area is 171 Å². The molecule has 0 radical (unpaired) electrons. The fraction of sp³-hybridized carbons (Fsp3) is 0.0952. The van der Waals surface area contributed by atoms with Crippen molar-refractivity contribution in [3.63, 3.8) is 0 Å². The second-order valence-electron chi connectivity index (χ2n) is 6.92. The third kappa shape index (κ3) is 2.87. The molecule has 3 aromatic heterocycles. The highest BCUT2D eigenvalue weighted by Crippen LogP contribution is 2.38. The molecule has 3 heterocycles. The number of phenols is 1. The quantitative estimate of drug-likeness (QED) is 0.432. The monoisotopic (exact) mass is 426 g/mol. The summed E-state index contributed by atoms with van der Waals surface area (Å²) in [5.74, 6) is -0.282. The van der Waals surface area contributed by atoms with E-state index in [1.54, 1.807) is 30.3 Å². The van der Waals surface area contributed by atoms with E-state index in [4.69, 9.17) is 4.42 Å². The Bertz CT molecular complexity index is 1510. The molecule has 0 unspecified atom stereocenters. The lowest BCUT2D eigenvalue weighted by molar-refractivity contribution is -0.140. The first-order valence-corrected chi connectivity index (χ1v) is 9.13. The third-order valence-corrected chi connectivity index (χ3v) is 4.92. The zero-order valence-electron chi connectivity index (χ0n) is 15.9. The van der Waals surface area contributed by atoms with Crippen molar-refractivity contribution in [2.75, 3.05) is 0 Å². The van der Waals surface area contributed by atoms with Crippen LogP contribution in [0.2, 0.25) is 0 Å². The van der Waals surface area contributed by atoms with Crippen LogP contribution in [0.4, 0.5) is 13.2 Å². The maximum Gasteiger partial charge on any atom is 0.435 e. The topological polar surface area (TPSA) is 96.4 Å². The minimum atomic E-state index is -4.78. The van der Waals surface area contributed by atoms with Crippen LogP contribution in [0.3, 0.4) is 0 Å². The van der Waals surface area contributed by atoms with Crippen LogP contribution in [0, 0.1) is 6.92 Å². The van der Waals surface area contributed by atoms with Crippen LogP contribution in [0.5, 0.6) is 5.75 Å². The van der Waals surface area contributed by atoms with Crippen molar-refractivity contribution in [1.82, 2.24) is 19.6 Å². The Morgan fingerprint density at radius 1 is 1.06 bits per heavy atom. The molecule has 5 aromatic rings. The van der Waals surface area contributed by atoms with Gasteiger partial charge in [0.15, 0.2) is 16.8 Å². The average molecular weight is 426 g/mol. The fourth-order valence-electron chi connectivity index (χ4n) is 3.56. The van der Waals surface area contributed by atoms with E-state index in [0.29, 0.717) is 4.52 Å². The molecule has 0 spiro atoms. The number of aromatic hydroxyl groups is 1. The number of halogens is 3. The number of nitrogens with one attached hydrogen (secondary N) is 1. The standard InChI is InChI=1S/C21H13F3N4O3/c1-10-14(19-26-16-12(29)8-5-9-13(16)31-19)20(30)28-18(25-10)15(11-6-3-2-4-7-11)17(27-28)21(22,23)24/h2-9,25,29H,1H3. The highest BCUT2D eigenvalue weighted by atomic mass is 19.4. The molecule has 0 aliphatic carbocycles. The molecule has 0 bridgehead atoms. The van der Waals surface area contributed by atoms with Crippen molar-refractivity contribution < 1.29 is 22.7 Å². The van der Waals surface area contributed by atoms with Crippen molar-refractivity contribution in [3.8, 4) is 28.3 Å². The summed E-state index contributed by atoms with van der Waals surface area (Å²) in [6.45, 7) is 1.53. The number of hydrogen-bond donors (Lipinski definition) is 2. The van der Waals surface area contributed by atoms with Crippen molar-refractivity contribution in [2.24, 2.45) is 0 Å². The predicted molar refractivity (Wildman–Crippen MR) is 106 cm³/mol. The van der Waals surface area contributed by atoms with E-state index in [1.807, 2.05) is 0 Å². The summed E-state index contributed by atoms with van der Waals surface area (Å²) in [7, 11) is 0. The van der Waals surface area contributed by atoms with Crippen LogP contribution in [0.25, 0.3) is 39.3 Å². The molecule has 5 rings (SSSR count). The number of nitrogens with zero attached hydrogens (tertiary/aromatic N) is 3. The number of phenolic OH excluding ortho intramolecular Hbond substituents is 1. The van der Waals surface area contributed by atoms with Crippen LogP contribution >= 0.6 is 0 Å². The van der Waals surface area contributed by atoms with Gasteiger partial charge in [-0.1, -0.05) is 36.4 Å². The van der Waals surface area contributed by atoms with Gasteiger partial charge in [0.2, 0.25) is 5.89 Å². The summed E-state index contributed by atoms with van der Waals surface area (Å²) >= 11 is 0. The first-order valence-electron chi connectivity index (χ1n) is 9.13. The summed E-state index contributed by atoms with van der Waals surface area (Å²) < 4.78 is 47.5. The molecule has 0 saturated carbocycles. The van der Waals surface area contributed by atoms with Gasteiger partial charge in [0.05, 0.1) is 5.56 Å². The Hall–Kier alpha value is -4.08. The molecular formula is C21H13F3N4O3. The number of alkyl halides is 3. The number of hydrogen-bond acceptors (Lipinski definition) is 5. The van der Waals surface area contributed by atoms with E-state index in [-0.39, 0.29) is 50.8 Å². The van der Waals surface area contributed by atoms with Crippen LogP contribution in [0.1, 0.15) is 11.4 Å². The lowest BCUT2D eigenvalue weighted by atomic mass is 10.1. The number of aromatic nitrogens is 4. The highest BCUT2D eigenvalue weighted by molar-refractivity contribution is 5.83. The van der Waals surface area contributed by atoms with Crippen molar-refractivity contribution in [1.29, 1.82) is 0 Å². The zero-order chi connectivity index (χ0) is 21.9. The number of para-hydroxylation sites is 1. The largest absolute Gasteiger partial charge is 0.506 e. The molecule has 0 aliphatic heterocycles. The molecular weight excluding hydrogens is 413 g/mol. The summed E-state index contributed by atoms with van der Waals surface area (Å²) in [6, 6.07) is 12.4. The van der Waals surface area contributed by atoms with E-state index in [9.17, 15) is 23.1 Å². The van der Waals surface area contributed by atoms with E-state index in [1.165, 1.54) is 25.1 Å². The van der Waals surface area contributed by atoms with Gasteiger partial charge in [-0.05, 0) is 24.6 Å². The Morgan fingerprint density at radius 2 is 1.81 bits per heavy atom. The summed E-state index contributed by atoms with van der Waals surface area (Å²) in [4.78, 5) is 20.2. The molecule has 0 aliphatic rings. The highest BCUT2D eigenvalue weighted by Gasteiger charge is 2.39. The van der Waals surface area contributed by atoms with E-state index in [0.717, 1.165) is 0 Å². The van der Waals surface area contributed by atoms with Crippen molar-refractivity contribution in [3.05, 3.63) is 70.3 Å². The minimum absolute atomic E-state index is 0.0843. The normalized spacial score (nSPS) is 12.1. The molecule has 156 valence electrons. The van der Waals surface area contributed by atoms with Gasteiger partial charge in [-0.2, -0.15) is 22.8 Å². The average Bonchev–Trinajstić information content (AvgIpc) is 3.31. The van der Waals surface area contributed by atoms with Crippen LogP contribution in [-0.2, 0) is 6.18 Å². The number of H-pyrrole nitrogens is 1. The van der Waals surface area contributed by atoms with Gasteiger partial charge >= 0.3 is 6.18 Å². The van der Waals surface area contributed by atoms with Gasteiger partial charge in [-0.3, -0.25) is 4.79 Å². The van der Waals surface area contributed by atoms with Crippen molar-refractivity contribution >= 4 is 16.7 Å². The summed E-state index contributed by atoms with van der Waals surface area (Å²) in [6.07, 6.45) is -4.78. The van der Waals surface area contributed by atoms with Crippen LogP contribution < -0.4 is 5.56 Å². The molecule has 0 saturated heterocycles. The van der Waals surface area contributed by atoms with E-state index in [2.05, 4.69) is 15.1 Å². The van der Waals surface area contributed by atoms with Crippen LogP contribution in [-0.4, -0.2) is 24.7 Å². The lowest BCUT2D eigenvalue weighted by Gasteiger charge is -2.07. The third-order valence-electron chi connectivity index (χ3n) is 4.92. The molecule has 31 heavy (non-hydrogen) atoms. The number of aryl methyl sites for hydroxylation is 1. The number of fused-ring (bicyclic) bond motifs is 2. The summed E-state index contributed by atoms with van der Waals surface area (Å²) in [5.41, 5.74) is -1.54. The molecule has 0 atom stereocenters. The molecule has 0 fully saturated rings. The second-order valence-corrected chi connectivity index (χ2v) is 6.92. The lowest BCUT2D eigenvalue weighted by Crippen LogP contribution is -2.19. The van der Waals surface area contributed by atoms with Gasteiger partial charge in [-0.15, -0.1) is 0 Å². The smallest absolute Gasteiger partial charge is 0.435 e. The number of oxazole rings is 1. The SMILES string of the molecule is Cc1[nH]c2c(-c3ccccc3)c(C(F)(F)F)nn2c(=O)c1-c1nc2c(O)cccc2o1. The number of benzene rings is 2. The Balaban J connectivity index is 1.84. The molecule has 10 heteroatoms. The van der Waals surface area contributed by atoms with Gasteiger partial charge in [0.25, 0.3) is 5.56 Å². The molecule has 7 nitrogen and oxygen atoms in total. The van der Waals surface area contributed by atoms with Gasteiger partial charge in [0.1, 0.15) is 17.0 Å². The zero-order valence-corrected chi connectivity index (χ0v) is 15.9. The first kappa shape index (κ1) is 18.9. The van der Waals surface area contributed by atoms with E-state index >= 15 is 0 Å². The molecule has 0 amide bonds. The maximum absolute atomic E-state index is 13.8. The van der Waals surface area contributed by atoms with E-state index < -0.39 is 17.4 Å². The first-order chi connectivity index (χ1) is 14.8. The minimum Gasteiger partial charge on any atom is -0.506 e. The fourth-order valence-corrected chi connectivity index (χ4v) is 3.56. The van der Waals surface area contributed by atoms with Gasteiger partial charge < -0.3 is 14.5 Å². The summed E-state index contributed by atoms with van der Waals surface area (Å²) in [5, 5.41) is 13.5. The Kier molecular flexibility index (Phi) is 3.94. The second kappa shape index (κ2) is 6.46. The molecule has 2 N–H and O–H groups in total. The van der Waals surface area contributed by atoms with Gasteiger partial charge in [0, 0.05) is 5.69 Å². The molecule has 2 aromatic carbocycles. The maximum atomic E-state index is 13.8.